The van der Waals surface area contributed by atoms with Gasteiger partial charge in [0.2, 0.25) is 23.4 Å². The summed E-state index contributed by atoms with van der Waals surface area (Å²) in [5.74, 6) is -4.12. The normalized spacial score (nSPS) is 10.7. The van der Waals surface area contributed by atoms with E-state index in [9.17, 15) is 52.7 Å². The number of aryl methyl sites for hydroxylation is 8. The van der Waals surface area contributed by atoms with Gasteiger partial charge in [-0.05, 0) is 113 Å². The first-order valence-electron chi connectivity index (χ1n) is 31.1. The number of carboxylic acids is 1. The molecule has 0 bridgehead atoms. The number of nitrogens with one attached hydrogen (secondary N) is 7. The van der Waals surface area contributed by atoms with Crippen LogP contribution in [-0.2, 0) is 84.8 Å². The van der Waals surface area contributed by atoms with Gasteiger partial charge in [-0.1, -0.05) is 4.63 Å². The van der Waals surface area contributed by atoms with Crippen LogP contribution in [0.3, 0.4) is 0 Å². The average Bonchev–Trinajstić information content (AvgIpc) is 1.67. The highest BCUT2D eigenvalue weighted by molar-refractivity contribution is 6.13. The van der Waals surface area contributed by atoms with Gasteiger partial charge in [0.1, 0.15) is 45.3 Å². The minimum absolute atomic E-state index is 0.0248. The van der Waals surface area contributed by atoms with Crippen LogP contribution in [0.15, 0.2) is 90.6 Å². The first-order valence-corrected chi connectivity index (χ1v) is 31.4. The zero-order valence-corrected chi connectivity index (χ0v) is 61.8. The number of aromatic nitrogens is 11. The lowest BCUT2D eigenvalue weighted by molar-refractivity contribution is 0.0498. The summed E-state index contributed by atoms with van der Waals surface area (Å²) >= 11 is 4.29. The number of carbonyl (C=O) groups excluding carboxylic acids is 10. The van der Waals surface area contributed by atoms with Crippen molar-refractivity contribution < 1.29 is 91.0 Å². The van der Waals surface area contributed by atoms with Crippen LogP contribution in [0.5, 0.6) is 5.88 Å². The van der Waals surface area contributed by atoms with Crippen LogP contribution < -0.4 is 36.6 Å². The Morgan fingerprint density at radius 1 is 0.452 bits per heavy atom. The maximum atomic E-state index is 12.8. The van der Waals surface area contributed by atoms with E-state index in [4.69, 9.17) is 39.1 Å². The molecule has 0 spiro atoms. The van der Waals surface area contributed by atoms with E-state index in [1.54, 1.807) is 183 Å². The molecule has 0 aliphatic rings. The van der Waals surface area contributed by atoms with Gasteiger partial charge in [0.05, 0.1) is 61.0 Å². The minimum atomic E-state index is -1.05. The lowest BCUT2D eigenvalue weighted by Gasteiger charge is -2.19. The SMILES string of the molecule is CCOC(=O)c1nc(NC(=O)c2cc(NC(=O)OC(C)(C)C)cn2C)cn1C.CCOC(=O)c1nc(NC(=O)c2cccn2C)cn1C.COC(=O)c1nc(OC(=O)c2cc(NC(=O)c3cc(NC(=O)OC(C)(C)C)cn3C)cn2C)cn1C.Cn1cc(NC(=O)OC(C)(C)C)cc1C(=O)O.N=NCl. The van der Waals surface area contributed by atoms with Gasteiger partial charge in [-0.15, -0.1) is 0 Å². The topological polar surface area (TPSA) is 459 Å². The van der Waals surface area contributed by atoms with Crippen molar-refractivity contribution >= 4 is 112 Å². The molecule has 0 saturated carbocycles. The van der Waals surface area contributed by atoms with Crippen molar-refractivity contribution in [2.24, 2.45) is 61.0 Å². The zero-order chi connectivity index (χ0) is 78.5. The van der Waals surface area contributed by atoms with Crippen LogP contribution in [0.2, 0.25) is 0 Å². The van der Waals surface area contributed by atoms with Gasteiger partial charge in [0, 0.05) is 99.8 Å². The van der Waals surface area contributed by atoms with Gasteiger partial charge in [-0.2, -0.15) is 10.5 Å². The summed E-state index contributed by atoms with van der Waals surface area (Å²) in [5.41, 5.74) is 6.53. The number of imidazole rings is 3. The Morgan fingerprint density at radius 2 is 0.788 bits per heavy atom. The van der Waals surface area contributed by atoms with Gasteiger partial charge in [-0.3, -0.25) is 30.3 Å². The number of carbonyl (C=O) groups is 11. The molecule has 0 atom stereocenters. The summed E-state index contributed by atoms with van der Waals surface area (Å²) in [6.07, 6.45) is 10.5. The molecule has 8 N–H and O–H groups in total. The fourth-order valence-corrected chi connectivity index (χ4v) is 8.66. The van der Waals surface area contributed by atoms with E-state index in [2.05, 4.69) is 68.0 Å². The molecule has 8 aromatic rings. The maximum absolute atomic E-state index is 12.8. The van der Waals surface area contributed by atoms with Crippen LogP contribution >= 0.6 is 11.8 Å². The predicted octanol–water partition coefficient (Wildman–Crippen LogP) is 9.67. The number of hydrogen-bond acceptors (Lipinski definition) is 23. The number of aromatic carboxylic acids is 1. The van der Waals surface area contributed by atoms with Crippen LogP contribution in [-0.4, -0.2) is 160 Å². The lowest BCUT2D eigenvalue weighted by Crippen LogP contribution is -2.27. The molecule has 0 saturated heterocycles. The van der Waals surface area contributed by atoms with Crippen molar-refractivity contribution in [1.82, 2.24) is 51.5 Å². The fraction of sp³-hybridized carbons (Fsp3) is 0.385. The van der Waals surface area contributed by atoms with Crippen molar-refractivity contribution in [3.05, 3.63) is 132 Å². The Labute approximate surface area is 601 Å². The number of ether oxygens (including phenoxy) is 7. The van der Waals surface area contributed by atoms with E-state index in [1.165, 1.54) is 79.0 Å². The van der Waals surface area contributed by atoms with Gasteiger partial charge in [0.25, 0.3) is 17.7 Å². The molecule has 0 aliphatic heterocycles. The largest absolute Gasteiger partial charge is 0.477 e. The Bertz CT molecular complexity index is 4420. The lowest BCUT2D eigenvalue weighted by atomic mass is 10.2. The third-order valence-electron chi connectivity index (χ3n) is 12.9. The number of halogens is 1. The first kappa shape index (κ1) is 83.9. The number of methoxy groups -OCH3 is 1. The van der Waals surface area contributed by atoms with Crippen molar-refractivity contribution in [3.63, 3.8) is 0 Å². The smallest absolute Gasteiger partial charge is 0.412 e. The molecule has 8 heterocycles. The summed E-state index contributed by atoms with van der Waals surface area (Å²) in [6.45, 7) is 19.7. The minimum Gasteiger partial charge on any atom is -0.477 e. The van der Waals surface area contributed by atoms with Crippen molar-refractivity contribution in [3.8, 4) is 5.88 Å². The summed E-state index contributed by atoms with van der Waals surface area (Å²) in [5, 5.41) is 24.4. The molecular formula is C65H86ClN19O19. The van der Waals surface area contributed by atoms with Gasteiger partial charge < -0.3 is 90.8 Å². The molecule has 0 aliphatic carbocycles. The zero-order valence-electron chi connectivity index (χ0n) is 61.0. The summed E-state index contributed by atoms with van der Waals surface area (Å²) in [4.78, 5) is 143. The summed E-state index contributed by atoms with van der Waals surface area (Å²) < 4.78 is 49.4. The van der Waals surface area contributed by atoms with E-state index in [0.717, 1.165) is 0 Å². The number of esters is 4. The molecule has 39 heteroatoms. The first-order chi connectivity index (χ1) is 48.4. The predicted molar refractivity (Wildman–Crippen MR) is 376 cm³/mol. The van der Waals surface area contributed by atoms with Crippen molar-refractivity contribution in [2.75, 3.05) is 52.2 Å². The third kappa shape index (κ3) is 25.9. The van der Waals surface area contributed by atoms with Gasteiger partial charge in [0.15, 0.2) is 11.6 Å². The second-order valence-electron chi connectivity index (χ2n) is 25.0. The number of rotatable bonds is 17. The summed E-state index contributed by atoms with van der Waals surface area (Å²) in [7, 11) is 14.4. The Hall–Kier alpha value is -12.5. The van der Waals surface area contributed by atoms with E-state index < -0.39 is 76.7 Å². The second-order valence-corrected chi connectivity index (χ2v) is 25.2. The molecule has 104 heavy (non-hydrogen) atoms. The van der Waals surface area contributed by atoms with Crippen molar-refractivity contribution in [1.29, 1.82) is 5.53 Å². The highest BCUT2D eigenvalue weighted by atomic mass is 35.5. The second kappa shape index (κ2) is 36.7. The van der Waals surface area contributed by atoms with E-state index >= 15 is 0 Å². The molecular weight excluding hydrogens is 1390 g/mol. The van der Waals surface area contributed by atoms with Gasteiger partial charge >= 0.3 is 48.1 Å². The highest BCUT2D eigenvalue weighted by Crippen LogP contribution is 2.23. The monoisotopic (exact) mass is 1470 g/mol. The van der Waals surface area contributed by atoms with Gasteiger partial charge in [-0.25, -0.2) is 48.3 Å². The maximum Gasteiger partial charge on any atom is 0.412 e. The van der Waals surface area contributed by atoms with Crippen molar-refractivity contribution in [2.45, 2.75) is 93.0 Å². The number of hydrogen-bond donors (Lipinski definition) is 8. The highest BCUT2D eigenvalue weighted by Gasteiger charge is 2.26. The quantitative estimate of drug-likeness (QED) is 0.0239. The fourth-order valence-electron chi connectivity index (χ4n) is 8.66. The van der Waals surface area contributed by atoms with Crippen LogP contribution in [0, 0.1) is 5.53 Å². The number of amides is 6. The van der Waals surface area contributed by atoms with Crippen LogP contribution in [0.25, 0.3) is 0 Å². The molecule has 6 amide bonds. The number of nitrogens with zero attached hydrogens (tertiary/aromatic N) is 12. The average molecular weight is 1470 g/mol. The molecule has 0 unspecified atom stereocenters. The molecule has 0 radical (unpaired) electrons. The standard InChI is InChI=1S/C23H28N6O7.C18H25N5O5.C13H16N4O3.C11H16N2O4.ClHN2/c1-23(2,3)36-22(33)25-14-8-15(27(4)11-14)19(30)24-13-9-16(28(5)10-13)20(31)35-17-12-29(6)18(26-17)21(32)34-7;1-7-27-16(25)14-20-13(10-23(14)6)21-15(24)12-8-11(9-22(12)5)19-17(26)28-18(2,3)4;1-4-20-13(19)11-14-10(8-17(11)3)15-12(18)9-6-5-7-16(9)2;1-11(2,3)17-10(16)12-7-5-8(9(14)15)13(4)6-7;1-3-2/h8-12H,1-7H3,(H,24,30)(H,25,33);8-10H,7H2,1-6H3,(H,19,26)(H,21,24);5-8H,4H2,1-3H3,(H,15,18);5-6H,1-4H3,(H,12,16)(H,14,15);2H. The molecule has 562 valence electrons. The molecule has 0 fully saturated rings. The Morgan fingerprint density at radius 3 is 1.14 bits per heavy atom. The van der Waals surface area contributed by atoms with E-state index in [-0.39, 0.29) is 71.1 Å². The van der Waals surface area contributed by atoms with E-state index in [0.29, 0.717) is 34.3 Å². The van der Waals surface area contributed by atoms with Crippen LogP contribution in [0.4, 0.5) is 48.8 Å². The van der Waals surface area contributed by atoms with E-state index in [1.807, 2.05) is 0 Å². The summed E-state index contributed by atoms with van der Waals surface area (Å²) in [6, 6.07) is 9.28. The Kier molecular flexibility index (Phi) is 29.6. The molecule has 0 aromatic carbocycles. The Balaban J connectivity index is 0.000000301. The third-order valence-corrected chi connectivity index (χ3v) is 12.9. The number of carboxylic acid groups (broad SMARTS) is 1. The van der Waals surface area contributed by atoms with Crippen LogP contribution in [0.1, 0.15) is 160 Å². The molecule has 38 nitrogen and oxygen atoms in total. The molecule has 8 rings (SSSR count). The number of anilines is 6. The molecule has 8 aromatic heterocycles.